The van der Waals surface area contributed by atoms with Crippen molar-refractivity contribution in [1.29, 1.82) is 0 Å². The molecule has 2 aliphatic carbocycles. The van der Waals surface area contributed by atoms with Gasteiger partial charge in [0.25, 0.3) is 0 Å². The number of carbonyl (C=O) groups excluding carboxylic acids is 1. The molecular weight excluding hydrogens is 351 g/mol. The maximum atomic E-state index is 11.9. The van der Waals surface area contributed by atoms with Crippen LogP contribution in [0.4, 0.5) is 0 Å². The van der Waals surface area contributed by atoms with Gasteiger partial charge in [0.15, 0.2) is 0 Å². The number of fused-ring (bicyclic) bond motifs is 1. The van der Waals surface area contributed by atoms with E-state index in [4.69, 9.17) is 4.74 Å². The van der Waals surface area contributed by atoms with Gasteiger partial charge in [-0.3, -0.25) is 0 Å². The zero-order valence-electron chi connectivity index (χ0n) is 13.2. The Morgan fingerprint density at radius 1 is 1.17 bits per heavy atom. The van der Waals surface area contributed by atoms with Crippen molar-refractivity contribution in [3.05, 3.63) is 42.0 Å². The summed E-state index contributed by atoms with van der Waals surface area (Å²) in [4.78, 5) is 12.6. The van der Waals surface area contributed by atoms with E-state index >= 15 is 0 Å². The first kappa shape index (κ1) is 14.5. The fraction of sp³-hybridized carbons (Fsp3) is 0.550. The zero-order valence-corrected chi connectivity index (χ0v) is 15.0. The van der Waals surface area contributed by atoms with Crippen LogP contribution in [0.1, 0.15) is 38.5 Å². The molecule has 1 aromatic carbocycles. The Hall–Kier alpha value is -0.891. The van der Waals surface area contributed by atoms with E-state index in [1.807, 2.05) is 6.08 Å². The molecule has 120 valence electrons. The third-order valence-electron chi connectivity index (χ3n) is 6.42. The maximum absolute atomic E-state index is 11.9. The fourth-order valence-electron chi connectivity index (χ4n) is 5.40. The number of allylic oxidation sites excluding steroid dienone is 1. The van der Waals surface area contributed by atoms with Crippen LogP contribution in [0, 0.1) is 11.3 Å². The number of benzene rings is 1. The van der Waals surface area contributed by atoms with E-state index in [2.05, 4.69) is 30.3 Å². The second-order valence-corrected chi connectivity index (χ2v) is 10.3. The van der Waals surface area contributed by atoms with Crippen LogP contribution in [0.15, 0.2) is 42.0 Å². The van der Waals surface area contributed by atoms with Crippen LogP contribution < -0.4 is 4.46 Å². The number of hydrogen-bond acceptors (Lipinski definition) is 2. The van der Waals surface area contributed by atoms with E-state index in [0.29, 0.717) is 37.8 Å². The third kappa shape index (κ3) is 2.21. The van der Waals surface area contributed by atoms with Gasteiger partial charge in [-0.15, -0.1) is 0 Å². The van der Waals surface area contributed by atoms with Crippen molar-refractivity contribution < 1.29 is 9.53 Å². The molecule has 1 spiro atoms. The van der Waals surface area contributed by atoms with Gasteiger partial charge in [0.2, 0.25) is 0 Å². The van der Waals surface area contributed by atoms with Gasteiger partial charge >= 0.3 is 144 Å². The standard InChI is InChI=1S/C20H22O2Se/c21-15-8-9-20-12-17-18(23-16-4-2-1-3-5-16)10-13(19(20)22-17)6-7-14(20)11-15/h1-5,11,13,17-19H,6-10,12H2. The van der Waals surface area contributed by atoms with Gasteiger partial charge in [-0.1, -0.05) is 0 Å². The molecule has 2 bridgehead atoms. The Morgan fingerprint density at radius 2 is 2.04 bits per heavy atom. The minimum atomic E-state index is 0.225. The van der Waals surface area contributed by atoms with Crippen molar-refractivity contribution in [3.63, 3.8) is 0 Å². The van der Waals surface area contributed by atoms with Crippen LogP contribution >= 0.6 is 0 Å². The van der Waals surface area contributed by atoms with E-state index in [-0.39, 0.29) is 5.41 Å². The summed E-state index contributed by atoms with van der Waals surface area (Å²) in [5.74, 6) is 1.06. The summed E-state index contributed by atoms with van der Waals surface area (Å²) in [5.41, 5.74) is 1.66. The molecule has 0 radical (unpaired) electrons. The zero-order chi connectivity index (χ0) is 15.4. The van der Waals surface area contributed by atoms with Gasteiger partial charge in [-0.25, -0.2) is 0 Å². The number of hydrogen-bond donors (Lipinski definition) is 0. The van der Waals surface area contributed by atoms with Crippen LogP contribution in [0.25, 0.3) is 0 Å². The van der Waals surface area contributed by atoms with Crippen molar-refractivity contribution in [2.45, 2.75) is 55.5 Å². The normalized spacial score (nSPS) is 41.4. The summed E-state index contributed by atoms with van der Waals surface area (Å²) in [7, 11) is 0. The fourth-order valence-corrected chi connectivity index (χ4v) is 8.17. The Morgan fingerprint density at radius 3 is 2.91 bits per heavy atom. The molecule has 3 heteroatoms. The summed E-state index contributed by atoms with van der Waals surface area (Å²) < 4.78 is 8.11. The topological polar surface area (TPSA) is 26.3 Å². The summed E-state index contributed by atoms with van der Waals surface area (Å²) in [5, 5.41) is 0. The van der Waals surface area contributed by atoms with Gasteiger partial charge in [0, 0.05) is 0 Å². The van der Waals surface area contributed by atoms with Gasteiger partial charge in [0.1, 0.15) is 0 Å². The molecule has 5 atom stereocenters. The molecule has 5 unspecified atom stereocenters. The summed E-state index contributed by atoms with van der Waals surface area (Å²) in [6, 6.07) is 11.0. The van der Waals surface area contributed by atoms with Crippen LogP contribution in [-0.4, -0.2) is 32.9 Å². The third-order valence-corrected chi connectivity index (χ3v) is 9.23. The van der Waals surface area contributed by atoms with Crippen molar-refractivity contribution in [3.8, 4) is 0 Å². The van der Waals surface area contributed by atoms with Crippen molar-refractivity contribution >= 4 is 25.2 Å². The molecule has 0 aromatic heterocycles. The Bertz CT molecular complexity index is 667. The average Bonchev–Trinajstić information content (AvgIpc) is 2.93. The van der Waals surface area contributed by atoms with Crippen molar-refractivity contribution in [1.82, 2.24) is 0 Å². The molecule has 1 aromatic rings. The second kappa shape index (κ2) is 5.31. The molecule has 0 amide bonds. The summed E-state index contributed by atoms with van der Waals surface area (Å²) in [6.45, 7) is 0. The predicted octanol–water partition coefficient (Wildman–Crippen LogP) is 3.05. The van der Waals surface area contributed by atoms with Gasteiger partial charge in [0.05, 0.1) is 0 Å². The van der Waals surface area contributed by atoms with E-state index in [1.54, 1.807) is 0 Å². The molecule has 0 N–H and O–H groups in total. The van der Waals surface area contributed by atoms with Crippen LogP contribution in [0.3, 0.4) is 0 Å². The van der Waals surface area contributed by atoms with Gasteiger partial charge in [-0.2, -0.15) is 0 Å². The molecule has 2 heterocycles. The monoisotopic (exact) mass is 374 g/mol. The van der Waals surface area contributed by atoms with Crippen molar-refractivity contribution in [2.75, 3.05) is 0 Å². The first-order valence-electron chi connectivity index (χ1n) is 8.86. The molecule has 5 rings (SSSR count). The van der Waals surface area contributed by atoms with Gasteiger partial charge < -0.3 is 0 Å². The Balaban J connectivity index is 1.45. The van der Waals surface area contributed by atoms with E-state index < -0.39 is 0 Å². The second-order valence-electron chi connectivity index (χ2n) is 7.60. The first-order valence-corrected chi connectivity index (χ1v) is 10.7. The van der Waals surface area contributed by atoms with Crippen LogP contribution in [0.5, 0.6) is 0 Å². The van der Waals surface area contributed by atoms with Gasteiger partial charge in [-0.05, 0) is 0 Å². The molecule has 3 fully saturated rings. The molecular formula is C20H22O2Se. The number of ether oxygens (including phenoxy) is 1. The molecule has 2 aliphatic heterocycles. The molecule has 2 nitrogen and oxygen atoms in total. The minimum absolute atomic E-state index is 0.225. The van der Waals surface area contributed by atoms with Crippen LogP contribution in [0.2, 0.25) is 4.82 Å². The molecule has 2 saturated heterocycles. The molecule has 23 heavy (non-hydrogen) atoms. The Kier molecular flexibility index (Phi) is 3.33. The van der Waals surface area contributed by atoms with E-state index in [1.165, 1.54) is 29.3 Å². The van der Waals surface area contributed by atoms with E-state index in [0.717, 1.165) is 25.2 Å². The molecule has 1 saturated carbocycles. The Labute approximate surface area is 143 Å². The molecule has 4 aliphatic rings. The first-order chi connectivity index (χ1) is 11.2. The predicted molar refractivity (Wildman–Crippen MR) is 91.0 cm³/mol. The van der Waals surface area contributed by atoms with Crippen molar-refractivity contribution in [2.24, 2.45) is 11.3 Å². The number of ketones is 1. The quantitative estimate of drug-likeness (QED) is 0.745. The van der Waals surface area contributed by atoms with E-state index in [9.17, 15) is 4.79 Å². The number of carbonyl (C=O) groups is 1. The summed E-state index contributed by atoms with van der Waals surface area (Å²) >= 11 is 0.499. The summed E-state index contributed by atoms with van der Waals surface area (Å²) in [6.07, 6.45) is 9.46. The number of rotatable bonds is 2. The average molecular weight is 373 g/mol. The van der Waals surface area contributed by atoms with Crippen LogP contribution in [-0.2, 0) is 9.53 Å². The SMILES string of the molecule is O=C1C=C2CCC3CC([Se]c4ccccc4)C4CC2(CC1)C3O4.